The molecule has 0 N–H and O–H groups in total. The van der Waals surface area contributed by atoms with E-state index in [0.29, 0.717) is 18.1 Å². The molecule has 21 heteroatoms. The summed E-state index contributed by atoms with van der Waals surface area (Å²) in [6, 6.07) is 1.46. The number of benzene rings is 2. The first kappa shape index (κ1) is 40.1. The molecule has 6 atom stereocenters. The first-order valence-corrected chi connectivity index (χ1v) is 17.8. The second kappa shape index (κ2) is 16.3. The van der Waals surface area contributed by atoms with E-state index in [9.17, 15) is 53.5 Å². The number of carbonyl (C=O) groups excluding carboxylic acids is 2. The molecule has 51 heavy (non-hydrogen) atoms. The van der Waals surface area contributed by atoms with Crippen molar-refractivity contribution < 1.29 is 91.1 Å². The molecule has 2 aromatic rings. The summed E-state index contributed by atoms with van der Waals surface area (Å²) in [5.41, 5.74) is 0. The predicted molar refractivity (Wildman–Crippen MR) is 150 cm³/mol. The lowest BCUT2D eigenvalue weighted by Crippen LogP contribution is -2.66. The molecule has 10 nitrogen and oxygen atoms in total. The van der Waals surface area contributed by atoms with Crippen LogP contribution in [0.2, 0.25) is 18.1 Å². The van der Waals surface area contributed by atoms with E-state index in [0.717, 1.165) is 0 Å². The van der Waals surface area contributed by atoms with Crippen LogP contribution in [0.4, 0.5) is 43.9 Å². The van der Waals surface area contributed by atoms with Crippen LogP contribution in [-0.2, 0) is 37.7 Å². The summed E-state index contributed by atoms with van der Waals surface area (Å²) in [7, 11) is -2.73. The van der Waals surface area contributed by atoms with E-state index in [1.165, 1.54) is 6.92 Å². The average Bonchev–Trinajstić information content (AvgIpc) is 3.11. The number of esters is 2. The highest BCUT2D eigenvalue weighted by atomic mass is 28.4. The Balaban J connectivity index is 1.65. The van der Waals surface area contributed by atoms with E-state index in [2.05, 4.69) is 9.47 Å². The molecular weight excluding hydrogens is 738 g/mol. The molecule has 2 aromatic carbocycles. The zero-order valence-corrected chi connectivity index (χ0v) is 28.1. The maximum atomic E-state index is 14.2. The summed E-state index contributed by atoms with van der Waals surface area (Å²) in [6.45, 7) is 3.71. The standard InChI is InChI=1S/C30H30F10O10Si/c1-5-51(6-2,7-3)50-30-29(49-14(42)10-45-27-23(39)19(35)16(32)20(36)24(27)40)28(25-12(47-30)8-43-11(4)46-25)48-13(41)9-44-26-21(37)17(33)15(31)18(34)22(26)38/h11-12,25,28-30H,5-10H2,1-4H3/t11-,12-,25-,28+,29-,30+/m1/s1. The topological polar surface area (TPSA) is 108 Å². The Morgan fingerprint density at radius 1 is 0.627 bits per heavy atom. The minimum atomic E-state index is -2.73. The van der Waals surface area contributed by atoms with E-state index in [-0.39, 0.29) is 6.61 Å². The Morgan fingerprint density at radius 2 is 1.02 bits per heavy atom. The maximum Gasteiger partial charge on any atom is 0.344 e. The van der Waals surface area contributed by atoms with E-state index < -0.39 is 140 Å². The fraction of sp³-hybridized carbons (Fsp3) is 0.533. The van der Waals surface area contributed by atoms with Gasteiger partial charge in [0.2, 0.25) is 58.2 Å². The highest BCUT2D eigenvalue weighted by Gasteiger charge is 2.55. The Hall–Kier alpha value is -3.66. The zero-order valence-electron chi connectivity index (χ0n) is 27.1. The van der Waals surface area contributed by atoms with Crippen LogP contribution < -0.4 is 9.47 Å². The van der Waals surface area contributed by atoms with Gasteiger partial charge < -0.3 is 37.6 Å². The molecule has 0 spiro atoms. The van der Waals surface area contributed by atoms with Crippen molar-refractivity contribution in [2.45, 2.75) is 82.8 Å². The van der Waals surface area contributed by atoms with Gasteiger partial charge in [-0.05, 0) is 25.1 Å². The molecule has 2 aliphatic heterocycles. The number of carbonyl (C=O) groups is 2. The second-order valence-electron chi connectivity index (χ2n) is 11.2. The van der Waals surface area contributed by atoms with Crippen molar-refractivity contribution in [3.8, 4) is 11.5 Å². The Kier molecular flexibility index (Phi) is 12.9. The average molecular weight is 769 g/mol. The summed E-state index contributed by atoms with van der Waals surface area (Å²) in [5, 5.41) is 0. The SMILES string of the molecule is CC[Si](CC)(CC)O[C@@H]1O[C@@H]2CO[C@@H](C)O[C@H]2[C@H](OC(=O)COc2c(F)c(F)c(F)c(F)c2F)[C@H]1OC(=O)COc1c(F)c(F)c(F)c(F)c1F. The first-order valence-electron chi connectivity index (χ1n) is 15.3. The summed E-state index contributed by atoms with van der Waals surface area (Å²) in [6.07, 6.45) is -8.67. The second-order valence-corrected chi connectivity index (χ2v) is 15.9. The van der Waals surface area contributed by atoms with Crippen LogP contribution in [0.15, 0.2) is 0 Å². The smallest absolute Gasteiger partial charge is 0.344 e. The summed E-state index contributed by atoms with van der Waals surface area (Å²) in [4.78, 5) is 26.0. The number of hydrogen-bond donors (Lipinski definition) is 0. The normalized spacial score (nSPS) is 23.4. The van der Waals surface area contributed by atoms with Gasteiger partial charge in [-0.3, -0.25) is 0 Å². The quantitative estimate of drug-likeness (QED) is 0.0808. The number of rotatable bonds is 13. The van der Waals surface area contributed by atoms with Crippen molar-refractivity contribution in [2.24, 2.45) is 0 Å². The first-order chi connectivity index (χ1) is 24.0. The third-order valence-electron chi connectivity index (χ3n) is 8.28. The van der Waals surface area contributed by atoms with Gasteiger partial charge in [0, 0.05) is 0 Å². The Labute approximate surface area is 283 Å². The lowest BCUT2D eigenvalue weighted by molar-refractivity contribution is -0.347. The van der Waals surface area contributed by atoms with Crippen molar-refractivity contribution >= 4 is 20.3 Å². The molecule has 284 valence electrons. The van der Waals surface area contributed by atoms with Gasteiger partial charge in [0.1, 0.15) is 12.2 Å². The summed E-state index contributed by atoms with van der Waals surface area (Å²) >= 11 is 0. The highest BCUT2D eigenvalue weighted by Crippen LogP contribution is 2.37. The number of halogens is 10. The molecule has 2 saturated heterocycles. The highest BCUT2D eigenvalue weighted by molar-refractivity contribution is 6.73. The Bertz CT molecular complexity index is 1560. The van der Waals surface area contributed by atoms with Gasteiger partial charge >= 0.3 is 11.9 Å². The van der Waals surface area contributed by atoms with Crippen molar-refractivity contribution in [1.82, 2.24) is 0 Å². The largest absolute Gasteiger partial charge is 0.476 e. The van der Waals surface area contributed by atoms with Crippen LogP contribution in [0.1, 0.15) is 27.7 Å². The van der Waals surface area contributed by atoms with Crippen molar-refractivity contribution in [3.05, 3.63) is 58.2 Å². The van der Waals surface area contributed by atoms with E-state index in [4.69, 9.17) is 28.1 Å². The van der Waals surface area contributed by atoms with Crippen LogP contribution in [-0.4, -0.2) is 77.1 Å². The van der Waals surface area contributed by atoms with Crippen molar-refractivity contribution in [1.29, 1.82) is 0 Å². The molecule has 0 radical (unpaired) electrons. The van der Waals surface area contributed by atoms with Gasteiger partial charge in [-0.25, -0.2) is 35.9 Å². The lowest BCUT2D eigenvalue weighted by atomic mass is 9.97. The van der Waals surface area contributed by atoms with Gasteiger partial charge in [-0.2, -0.15) is 17.6 Å². The number of ether oxygens (including phenoxy) is 7. The van der Waals surface area contributed by atoms with Crippen molar-refractivity contribution in [2.75, 3.05) is 19.8 Å². The molecular formula is C30H30F10O10Si. The van der Waals surface area contributed by atoms with E-state index >= 15 is 0 Å². The van der Waals surface area contributed by atoms with Crippen LogP contribution >= 0.6 is 0 Å². The molecule has 0 amide bonds. The molecule has 0 bridgehead atoms. The summed E-state index contributed by atoms with van der Waals surface area (Å²) in [5.74, 6) is -30.6. The van der Waals surface area contributed by atoms with E-state index in [1.54, 1.807) is 0 Å². The van der Waals surface area contributed by atoms with Crippen molar-refractivity contribution in [3.63, 3.8) is 0 Å². The fourth-order valence-corrected chi connectivity index (χ4v) is 8.01. The number of fused-ring (bicyclic) bond motifs is 1. The fourth-order valence-electron chi connectivity index (χ4n) is 5.33. The Morgan fingerprint density at radius 3 is 1.43 bits per heavy atom. The van der Waals surface area contributed by atoms with Gasteiger partial charge in [-0.15, -0.1) is 0 Å². The van der Waals surface area contributed by atoms with Gasteiger partial charge in [0.05, 0.1) is 6.61 Å². The monoisotopic (exact) mass is 768 g/mol. The molecule has 0 aromatic heterocycles. The van der Waals surface area contributed by atoms with Gasteiger partial charge in [0.15, 0.2) is 57.8 Å². The third-order valence-corrected chi connectivity index (χ3v) is 12.9. The molecule has 4 rings (SSSR count). The molecule has 0 saturated carbocycles. The van der Waals surface area contributed by atoms with Gasteiger partial charge in [-0.1, -0.05) is 20.8 Å². The predicted octanol–water partition coefficient (Wildman–Crippen LogP) is 5.87. The maximum absolute atomic E-state index is 14.2. The van der Waals surface area contributed by atoms with E-state index in [1.807, 2.05) is 20.8 Å². The van der Waals surface area contributed by atoms with Crippen LogP contribution in [0.5, 0.6) is 11.5 Å². The van der Waals surface area contributed by atoms with Crippen LogP contribution in [0.3, 0.4) is 0 Å². The lowest BCUT2D eigenvalue weighted by Gasteiger charge is -2.49. The molecule has 0 aliphatic carbocycles. The van der Waals surface area contributed by atoms with Crippen LogP contribution in [0, 0.1) is 58.2 Å². The molecule has 0 unspecified atom stereocenters. The minimum Gasteiger partial charge on any atom is -0.476 e. The molecule has 2 heterocycles. The number of hydrogen-bond acceptors (Lipinski definition) is 10. The molecule has 2 aliphatic rings. The zero-order chi connectivity index (χ0) is 37.9. The minimum absolute atomic E-state index is 0.205. The van der Waals surface area contributed by atoms with Crippen LogP contribution in [0.25, 0.3) is 0 Å². The third kappa shape index (κ3) is 8.21. The molecule has 2 fully saturated rings. The summed E-state index contributed by atoms with van der Waals surface area (Å²) < 4.78 is 182. The van der Waals surface area contributed by atoms with Gasteiger partial charge in [0.25, 0.3) is 0 Å².